The van der Waals surface area contributed by atoms with E-state index in [-0.39, 0.29) is 0 Å². The molecule has 0 unspecified atom stereocenters. The van der Waals surface area contributed by atoms with Crippen LogP contribution in [0.4, 0.5) is 5.82 Å². The summed E-state index contributed by atoms with van der Waals surface area (Å²) in [6.45, 7) is 2.34. The Hall–Kier alpha value is -3.13. The van der Waals surface area contributed by atoms with Crippen LogP contribution in [0.15, 0.2) is 53.1 Å². The highest BCUT2D eigenvalue weighted by Crippen LogP contribution is 2.20. The molecule has 0 fully saturated rings. The van der Waals surface area contributed by atoms with E-state index < -0.39 is 0 Å². The lowest BCUT2D eigenvalue weighted by molar-refractivity contribution is 0.424. The minimum absolute atomic E-state index is 0.426. The average molecular weight is 290 g/mol. The number of aryl methyl sites for hydroxylation is 1. The van der Waals surface area contributed by atoms with Gasteiger partial charge in [0.2, 0.25) is 0 Å². The molecule has 5 nitrogen and oxygen atoms in total. The third kappa shape index (κ3) is 2.96. The molecule has 0 radical (unpaired) electrons. The Bertz CT molecular complexity index is 818. The zero-order chi connectivity index (χ0) is 15.4. The molecular formula is C17H14N4O. The maximum Gasteiger partial charge on any atom is 0.167 e. The molecule has 1 aromatic carbocycles. The molecule has 0 aliphatic heterocycles. The SMILES string of the molecule is Cc1ccc(NCc2cc(-c3ccccc3)on2)nc1C#N. The van der Waals surface area contributed by atoms with Crippen LogP contribution in [-0.2, 0) is 6.54 Å². The number of pyridine rings is 1. The second-order valence-electron chi connectivity index (χ2n) is 4.88. The van der Waals surface area contributed by atoms with Crippen LogP contribution in [0, 0.1) is 18.3 Å². The van der Waals surface area contributed by atoms with Crippen LogP contribution in [0.1, 0.15) is 17.0 Å². The van der Waals surface area contributed by atoms with E-state index in [2.05, 4.69) is 21.5 Å². The van der Waals surface area contributed by atoms with Crippen molar-refractivity contribution in [3.63, 3.8) is 0 Å². The maximum absolute atomic E-state index is 8.99. The summed E-state index contributed by atoms with van der Waals surface area (Å²) in [6.07, 6.45) is 0. The van der Waals surface area contributed by atoms with Crippen molar-refractivity contribution >= 4 is 5.82 Å². The number of aromatic nitrogens is 2. The van der Waals surface area contributed by atoms with Crippen LogP contribution in [0.2, 0.25) is 0 Å². The van der Waals surface area contributed by atoms with Crippen molar-refractivity contribution in [1.29, 1.82) is 5.26 Å². The predicted octanol–water partition coefficient (Wildman–Crippen LogP) is 3.53. The van der Waals surface area contributed by atoms with Crippen LogP contribution >= 0.6 is 0 Å². The fourth-order valence-electron chi connectivity index (χ4n) is 2.06. The van der Waals surface area contributed by atoms with Crippen molar-refractivity contribution in [2.45, 2.75) is 13.5 Å². The number of nitrogens with zero attached hydrogens (tertiary/aromatic N) is 3. The summed E-state index contributed by atoms with van der Waals surface area (Å²) >= 11 is 0. The number of nitrogens with one attached hydrogen (secondary N) is 1. The van der Waals surface area contributed by atoms with Crippen molar-refractivity contribution in [3.8, 4) is 17.4 Å². The molecule has 0 atom stereocenters. The Balaban J connectivity index is 1.70. The molecule has 108 valence electrons. The third-order valence-electron chi connectivity index (χ3n) is 3.27. The van der Waals surface area contributed by atoms with E-state index in [0.717, 1.165) is 22.6 Å². The van der Waals surface area contributed by atoms with E-state index >= 15 is 0 Å². The first-order valence-corrected chi connectivity index (χ1v) is 6.89. The lowest BCUT2D eigenvalue weighted by atomic mass is 10.1. The van der Waals surface area contributed by atoms with Gasteiger partial charge in [-0.1, -0.05) is 41.6 Å². The number of benzene rings is 1. The number of hydrogen-bond donors (Lipinski definition) is 1. The number of rotatable bonds is 4. The minimum atomic E-state index is 0.426. The first kappa shape index (κ1) is 13.8. The van der Waals surface area contributed by atoms with Gasteiger partial charge >= 0.3 is 0 Å². The van der Waals surface area contributed by atoms with Crippen LogP contribution in [0.25, 0.3) is 11.3 Å². The fraction of sp³-hybridized carbons (Fsp3) is 0.118. The summed E-state index contributed by atoms with van der Waals surface area (Å²) in [6, 6.07) is 17.5. The summed E-state index contributed by atoms with van der Waals surface area (Å²) in [5.41, 5.74) is 3.05. The molecule has 0 saturated heterocycles. The largest absolute Gasteiger partial charge is 0.364 e. The molecule has 3 aromatic rings. The average Bonchev–Trinajstić information content (AvgIpc) is 3.04. The van der Waals surface area contributed by atoms with Gasteiger partial charge in [0.15, 0.2) is 5.76 Å². The molecule has 3 rings (SSSR count). The monoisotopic (exact) mass is 290 g/mol. The Labute approximate surface area is 128 Å². The first-order chi connectivity index (χ1) is 10.8. The quantitative estimate of drug-likeness (QED) is 0.795. The number of nitriles is 1. The van der Waals surface area contributed by atoms with E-state index in [0.29, 0.717) is 18.1 Å². The lowest BCUT2D eigenvalue weighted by Crippen LogP contribution is -2.03. The van der Waals surface area contributed by atoms with Gasteiger partial charge in [-0.2, -0.15) is 5.26 Å². The molecule has 0 aliphatic rings. The molecule has 0 saturated carbocycles. The molecule has 0 aliphatic carbocycles. The lowest BCUT2D eigenvalue weighted by Gasteiger charge is -2.04. The van der Waals surface area contributed by atoms with E-state index in [1.807, 2.05) is 55.5 Å². The number of anilines is 1. The number of hydrogen-bond acceptors (Lipinski definition) is 5. The molecule has 0 spiro atoms. The van der Waals surface area contributed by atoms with E-state index in [9.17, 15) is 0 Å². The zero-order valence-electron chi connectivity index (χ0n) is 12.1. The Morgan fingerprint density at radius 3 is 2.77 bits per heavy atom. The minimum Gasteiger partial charge on any atom is -0.364 e. The summed E-state index contributed by atoms with van der Waals surface area (Å²) in [5.74, 6) is 1.37. The van der Waals surface area contributed by atoms with Gasteiger partial charge in [-0.05, 0) is 18.6 Å². The van der Waals surface area contributed by atoms with Crippen LogP contribution in [-0.4, -0.2) is 10.1 Å². The third-order valence-corrected chi connectivity index (χ3v) is 3.27. The van der Waals surface area contributed by atoms with Gasteiger partial charge in [0.25, 0.3) is 0 Å². The van der Waals surface area contributed by atoms with Gasteiger partial charge < -0.3 is 9.84 Å². The summed E-state index contributed by atoms with van der Waals surface area (Å²) < 4.78 is 5.34. The van der Waals surface area contributed by atoms with E-state index in [1.54, 1.807) is 0 Å². The highest BCUT2D eigenvalue weighted by Gasteiger charge is 2.07. The standard InChI is InChI=1S/C17H14N4O/c1-12-7-8-17(20-15(12)10-18)19-11-14-9-16(22-21-14)13-5-3-2-4-6-13/h2-9H,11H2,1H3,(H,19,20). The molecule has 5 heteroatoms. The van der Waals surface area contributed by atoms with Gasteiger partial charge in [0, 0.05) is 11.6 Å². The molecule has 0 amide bonds. The van der Waals surface area contributed by atoms with E-state index in [1.165, 1.54) is 0 Å². The second kappa shape index (κ2) is 6.10. The van der Waals surface area contributed by atoms with Gasteiger partial charge in [-0.3, -0.25) is 0 Å². The van der Waals surface area contributed by atoms with Gasteiger partial charge in [-0.25, -0.2) is 4.98 Å². The smallest absolute Gasteiger partial charge is 0.167 e. The van der Waals surface area contributed by atoms with Gasteiger partial charge in [0.05, 0.1) is 6.54 Å². The maximum atomic E-state index is 8.99. The predicted molar refractivity (Wildman–Crippen MR) is 83.0 cm³/mol. The van der Waals surface area contributed by atoms with Crippen LogP contribution < -0.4 is 5.32 Å². The summed E-state index contributed by atoms with van der Waals surface area (Å²) in [4.78, 5) is 4.24. The summed E-state index contributed by atoms with van der Waals surface area (Å²) in [7, 11) is 0. The first-order valence-electron chi connectivity index (χ1n) is 6.89. The van der Waals surface area contributed by atoms with Crippen molar-refractivity contribution in [2.75, 3.05) is 5.32 Å². The van der Waals surface area contributed by atoms with Crippen LogP contribution in [0.3, 0.4) is 0 Å². The van der Waals surface area contributed by atoms with Crippen LogP contribution in [0.5, 0.6) is 0 Å². The van der Waals surface area contributed by atoms with Crippen molar-refractivity contribution in [3.05, 3.63) is 65.5 Å². The Kier molecular flexibility index (Phi) is 3.84. The molecular weight excluding hydrogens is 276 g/mol. The molecule has 22 heavy (non-hydrogen) atoms. The molecule has 1 N–H and O–H groups in total. The van der Waals surface area contributed by atoms with Gasteiger partial charge in [0.1, 0.15) is 23.3 Å². The Morgan fingerprint density at radius 1 is 1.18 bits per heavy atom. The van der Waals surface area contributed by atoms with Gasteiger partial charge in [-0.15, -0.1) is 0 Å². The normalized spacial score (nSPS) is 10.2. The molecule has 2 heterocycles. The second-order valence-corrected chi connectivity index (χ2v) is 4.88. The van der Waals surface area contributed by atoms with Crippen molar-refractivity contribution in [2.24, 2.45) is 0 Å². The molecule has 0 bridgehead atoms. The summed E-state index contributed by atoms with van der Waals surface area (Å²) in [5, 5.41) is 16.2. The van der Waals surface area contributed by atoms with Crippen molar-refractivity contribution in [1.82, 2.24) is 10.1 Å². The topological polar surface area (TPSA) is 74.7 Å². The molecule has 2 aromatic heterocycles. The van der Waals surface area contributed by atoms with Crippen molar-refractivity contribution < 1.29 is 4.52 Å². The Morgan fingerprint density at radius 2 is 2.00 bits per heavy atom. The highest BCUT2D eigenvalue weighted by atomic mass is 16.5. The van der Waals surface area contributed by atoms with E-state index in [4.69, 9.17) is 9.78 Å². The fourth-order valence-corrected chi connectivity index (χ4v) is 2.06. The highest BCUT2D eigenvalue weighted by molar-refractivity contribution is 5.57. The zero-order valence-corrected chi connectivity index (χ0v) is 12.1.